The summed E-state index contributed by atoms with van der Waals surface area (Å²) in [6, 6.07) is 7.53. The highest BCUT2D eigenvalue weighted by Crippen LogP contribution is 2.32. The van der Waals surface area contributed by atoms with E-state index in [-0.39, 0.29) is 29.3 Å². The van der Waals surface area contributed by atoms with Crippen LogP contribution in [0.5, 0.6) is 0 Å². The third-order valence-corrected chi connectivity index (χ3v) is 5.91. The molecule has 2 atom stereocenters. The van der Waals surface area contributed by atoms with Gasteiger partial charge in [0.25, 0.3) is 0 Å². The molecule has 128 valence electrons. The Morgan fingerprint density at radius 3 is 2.08 bits per heavy atom. The summed E-state index contributed by atoms with van der Waals surface area (Å²) in [5, 5.41) is 3.84. The molecule has 0 radical (unpaired) electrons. The number of carbonyl (C=O) groups is 2. The smallest absolute Gasteiger partial charge is 0.179 e. The first-order valence-electron chi connectivity index (χ1n) is 8.19. The van der Waals surface area contributed by atoms with Gasteiger partial charge in [-0.3, -0.25) is 9.59 Å². The molecule has 0 fully saturated rings. The number of hydrogen-bond donors (Lipinski definition) is 0. The van der Waals surface area contributed by atoms with E-state index in [0.717, 1.165) is 15.3 Å². The molecule has 24 heavy (non-hydrogen) atoms. The van der Waals surface area contributed by atoms with Gasteiger partial charge in [0, 0.05) is 12.3 Å². The number of hydrogen-bond acceptors (Lipinski definition) is 4. The Morgan fingerprint density at radius 1 is 1.04 bits per heavy atom. The monoisotopic (exact) mass is 360 g/mol. The Labute approximate surface area is 152 Å². The van der Waals surface area contributed by atoms with Crippen molar-refractivity contribution in [3.63, 3.8) is 0 Å². The normalized spacial score (nSPS) is 13.5. The van der Waals surface area contributed by atoms with Crippen LogP contribution in [0.2, 0.25) is 0 Å². The number of carbonyl (C=O) groups excluding carboxylic acids is 2. The SMILES string of the molecule is CC(C)=C[C@@H](C(=O)c1cccs1)[C@@H](CC(=O)c1cccs1)C(C)C. The van der Waals surface area contributed by atoms with E-state index in [2.05, 4.69) is 13.8 Å². The third-order valence-electron chi connectivity index (χ3n) is 4.11. The fourth-order valence-corrected chi connectivity index (χ4v) is 4.25. The van der Waals surface area contributed by atoms with Crippen LogP contribution in [0.3, 0.4) is 0 Å². The lowest BCUT2D eigenvalue weighted by Crippen LogP contribution is -2.28. The largest absolute Gasteiger partial charge is 0.293 e. The standard InChI is InChI=1S/C20H24O2S2/c1-13(2)11-16(20(22)19-8-6-10-24-19)15(14(3)4)12-17(21)18-7-5-9-23-18/h5-11,14-16H,12H2,1-4H3/t15-,16+/m0/s1. The van der Waals surface area contributed by atoms with Crippen LogP contribution >= 0.6 is 22.7 Å². The molecule has 0 aliphatic rings. The highest BCUT2D eigenvalue weighted by molar-refractivity contribution is 7.12. The van der Waals surface area contributed by atoms with Crippen LogP contribution in [0.15, 0.2) is 46.7 Å². The van der Waals surface area contributed by atoms with Crippen LogP contribution in [0.25, 0.3) is 0 Å². The molecule has 2 heterocycles. The Balaban J connectivity index is 2.30. The lowest BCUT2D eigenvalue weighted by molar-refractivity contribution is 0.0844. The van der Waals surface area contributed by atoms with Gasteiger partial charge in [0.05, 0.1) is 9.75 Å². The molecule has 0 N–H and O–H groups in total. The molecule has 2 aromatic heterocycles. The van der Waals surface area contributed by atoms with E-state index in [1.165, 1.54) is 22.7 Å². The van der Waals surface area contributed by atoms with Gasteiger partial charge in [0.15, 0.2) is 11.6 Å². The third kappa shape index (κ3) is 4.74. The van der Waals surface area contributed by atoms with Gasteiger partial charge >= 0.3 is 0 Å². The Morgan fingerprint density at radius 2 is 1.62 bits per heavy atom. The summed E-state index contributed by atoms with van der Waals surface area (Å²) in [4.78, 5) is 27.2. The lowest BCUT2D eigenvalue weighted by atomic mass is 9.76. The van der Waals surface area contributed by atoms with Crippen molar-refractivity contribution < 1.29 is 9.59 Å². The number of allylic oxidation sites excluding steroid dienone is 2. The number of thiophene rings is 2. The van der Waals surface area contributed by atoms with Crippen molar-refractivity contribution in [2.24, 2.45) is 17.8 Å². The molecule has 2 rings (SSSR count). The maximum Gasteiger partial charge on any atom is 0.179 e. The molecule has 0 saturated carbocycles. The van der Waals surface area contributed by atoms with Gasteiger partial charge in [-0.1, -0.05) is 37.6 Å². The van der Waals surface area contributed by atoms with Gasteiger partial charge in [0.1, 0.15) is 0 Å². The number of ketones is 2. The van der Waals surface area contributed by atoms with E-state index in [1.807, 2.05) is 54.9 Å². The first-order valence-corrected chi connectivity index (χ1v) is 9.95. The summed E-state index contributed by atoms with van der Waals surface area (Å²) in [5.41, 5.74) is 1.11. The van der Waals surface area contributed by atoms with Crippen molar-refractivity contribution in [3.8, 4) is 0 Å². The van der Waals surface area contributed by atoms with Crippen LogP contribution in [-0.2, 0) is 0 Å². The highest BCUT2D eigenvalue weighted by Gasteiger charge is 2.32. The molecule has 4 heteroatoms. The summed E-state index contributed by atoms with van der Waals surface area (Å²) in [5.74, 6) is 0.263. The average Bonchev–Trinajstić information content (AvgIpc) is 3.22. The quantitative estimate of drug-likeness (QED) is 0.420. The second kappa shape index (κ2) is 8.54. The molecule has 0 spiro atoms. The second-order valence-electron chi connectivity index (χ2n) is 6.62. The van der Waals surface area contributed by atoms with E-state index in [1.54, 1.807) is 0 Å². The van der Waals surface area contributed by atoms with E-state index in [4.69, 9.17) is 0 Å². The topological polar surface area (TPSA) is 34.1 Å². The fourth-order valence-electron chi connectivity index (χ4n) is 2.87. The highest BCUT2D eigenvalue weighted by atomic mass is 32.1. The second-order valence-corrected chi connectivity index (χ2v) is 8.52. The fraction of sp³-hybridized carbons (Fsp3) is 0.400. The van der Waals surface area contributed by atoms with E-state index in [9.17, 15) is 9.59 Å². The van der Waals surface area contributed by atoms with Gasteiger partial charge < -0.3 is 0 Å². The predicted octanol–water partition coefficient (Wildman–Crippen LogP) is 6.12. The molecule has 2 nitrogen and oxygen atoms in total. The van der Waals surface area contributed by atoms with Crippen LogP contribution in [-0.4, -0.2) is 11.6 Å². The molecular formula is C20H24O2S2. The van der Waals surface area contributed by atoms with Crippen molar-refractivity contribution in [3.05, 3.63) is 56.4 Å². The molecule has 0 unspecified atom stereocenters. The van der Waals surface area contributed by atoms with Crippen LogP contribution in [0.1, 0.15) is 53.5 Å². The minimum Gasteiger partial charge on any atom is -0.293 e. The van der Waals surface area contributed by atoms with Crippen molar-refractivity contribution >= 4 is 34.2 Å². The van der Waals surface area contributed by atoms with Crippen LogP contribution < -0.4 is 0 Å². The van der Waals surface area contributed by atoms with E-state index < -0.39 is 0 Å². The summed E-state index contributed by atoms with van der Waals surface area (Å²) in [7, 11) is 0. The molecule has 0 amide bonds. The zero-order valence-corrected chi connectivity index (χ0v) is 16.2. The minimum atomic E-state index is -0.252. The molecule has 0 aromatic carbocycles. The van der Waals surface area contributed by atoms with Gasteiger partial charge in [-0.15, -0.1) is 22.7 Å². The van der Waals surface area contributed by atoms with Gasteiger partial charge in [-0.25, -0.2) is 0 Å². The average molecular weight is 361 g/mol. The molecule has 0 saturated heterocycles. The Kier molecular flexibility index (Phi) is 6.69. The Bertz CT molecular complexity index is 690. The van der Waals surface area contributed by atoms with Gasteiger partial charge in [-0.2, -0.15) is 0 Å². The van der Waals surface area contributed by atoms with E-state index in [0.29, 0.717) is 6.42 Å². The van der Waals surface area contributed by atoms with Crippen LogP contribution in [0, 0.1) is 17.8 Å². The van der Waals surface area contributed by atoms with Crippen molar-refractivity contribution in [2.45, 2.75) is 34.1 Å². The van der Waals surface area contributed by atoms with Crippen LogP contribution in [0.4, 0.5) is 0 Å². The zero-order chi connectivity index (χ0) is 17.7. The first-order chi connectivity index (χ1) is 11.4. The van der Waals surface area contributed by atoms with Crippen molar-refractivity contribution in [1.82, 2.24) is 0 Å². The maximum absolute atomic E-state index is 13.0. The summed E-state index contributed by atoms with van der Waals surface area (Å²) in [6.07, 6.45) is 2.44. The maximum atomic E-state index is 13.0. The molecule has 0 bridgehead atoms. The molecule has 2 aromatic rings. The van der Waals surface area contributed by atoms with Gasteiger partial charge in [0.2, 0.25) is 0 Å². The lowest BCUT2D eigenvalue weighted by Gasteiger charge is -2.27. The van der Waals surface area contributed by atoms with Gasteiger partial charge in [-0.05, 0) is 48.6 Å². The zero-order valence-electron chi connectivity index (χ0n) is 14.6. The number of Topliss-reactive ketones (excluding diaryl/α,β-unsaturated/α-hetero) is 2. The number of rotatable bonds is 8. The summed E-state index contributed by atoms with van der Waals surface area (Å²) < 4.78 is 0. The summed E-state index contributed by atoms with van der Waals surface area (Å²) in [6.45, 7) is 8.21. The Hall–Kier alpha value is -1.52. The molecular weight excluding hydrogens is 336 g/mol. The molecule has 0 aliphatic heterocycles. The first kappa shape index (κ1) is 18.8. The predicted molar refractivity (Wildman–Crippen MR) is 103 cm³/mol. The van der Waals surface area contributed by atoms with E-state index >= 15 is 0 Å². The minimum absolute atomic E-state index is 0.00380. The van der Waals surface area contributed by atoms with Crippen molar-refractivity contribution in [2.75, 3.05) is 0 Å². The summed E-state index contributed by atoms with van der Waals surface area (Å²) >= 11 is 2.94. The molecule has 0 aliphatic carbocycles. The van der Waals surface area contributed by atoms with Crippen molar-refractivity contribution in [1.29, 1.82) is 0 Å².